The summed E-state index contributed by atoms with van der Waals surface area (Å²) in [6.07, 6.45) is 2.50. The predicted molar refractivity (Wildman–Crippen MR) is 47.8 cm³/mol. The maximum Gasteiger partial charge on any atom is 0.346 e. The second kappa shape index (κ2) is 4.62. The first-order chi connectivity index (χ1) is 5.70. The zero-order valence-corrected chi connectivity index (χ0v) is 8.30. The molecule has 4 heteroatoms. The molecule has 0 N–H and O–H groups in total. The lowest BCUT2D eigenvalue weighted by atomic mass is 10.2. The fourth-order valence-corrected chi connectivity index (χ4v) is 1.08. The van der Waals surface area contributed by atoms with Crippen LogP contribution in [0, 0.1) is 0 Å². The predicted octanol–water partition coefficient (Wildman–Crippen LogP) is 1.96. The van der Waals surface area contributed by atoms with Crippen LogP contribution in [0.3, 0.4) is 0 Å². The highest BCUT2D eigenvalue weighted by molar-refractivity contribution is 9.12. The third kappa shape index (κ3) is 2.95. The lowest BCUT2D eigenvalue weighted by molar-refractivity contribution is -0.181. The fraction of sp³-hybridized carbons (Fsp3) is 0.625. The van der Waals surface area contributed by atoms with Crippen molar-refractivity contribution in [3.05, 3.63) is 11.1 Å². The molecule has 1 saturated heterocycles. The second-order valence-corrected chi connectivity index (χ2v) is 3.56. The Hall–Kier alpha value is -0.350. The Kier molecular flexibility index (Phi) is 3.75. The lowest BCUT2D eigenvalue weighted by Crippen LogP contribution is -2.25. The number of hydrogen-bond donors (Lipinski definition) is 0. The van der Waals surface area contributed by atoms with Crippen molar-refractivity contribution in [2.45, 2.75) is 25.6 Å². The molecule has 1 fully saturated rings. The molecule has 1 aliphatic heterocycles. The quantitative estimate of drug-likeness (QED) is 0.542. The van der Waals surface area contributed by atoms with Crippen LogP contribution < -0.4 is 0 Å². The SMILES string of the molecule is C=C(Br)C(=O)OC1CCCCO1. The first-order valence-corrected chi connectivity index (χ1v) is 4.66. The lowest BCUT2D eigenvalue weighted by Gasteiger charge is -2.21. The highest BCUT2D eigenvalue weighted by Crippen LogP contribution is 2.15. The smallest absolute Gasteiger partial charge is 0.346 e. The van der Waals surface area contributed by atoms with Crippen molar-refractivity contribution in [3.63, 3.8) is 0 Å². The molecule has 0 spiro atoms. The number of halogens is 1. The van der Waals surface area contributed by atoms with Crippen LogP contribution >= 0.6 is 15.9 Å². The largest absolute Gasteiger partial charge is 0.432 e. The summed E-state index contributed by atoms with van der Waals surface area (Å²) >= 11 is 2.94. The van der Waals surface area contributed by atoms with Gasteiger partial charge in [0.2, 0.25) is 6.29 Å². The minimum absolute atomic E-state index is 0.233. The summed E-state index contributed by atoms with van der Waals surface area (Å²) in [5.41, 5.74) is 0. The van der Waals surface area contributed by atoms with Crippen LogP contribution in [0.5, 0.6) is 0 Å². The summed E-state index contributed by atoms with van der Waals surface area (Å²) in [6, 6.07) is 0. The van der Waals surface area contributed by atoms with Gasteiger partial charge in [-0.15, -0.1) is 0 Å². The molecule has 1 rings (SSSR count). The van der Waals surface area contributed by atoms with E-state index in [0.717, 1.165) is 19.3 Å². The molecule has 1 aliphatic rings. The van der Waals surface area contributed by atoms with Gasteiger partial charge in [-0.1, -0.05) is 6.58 Å². The zero-order chi connectivity index (χ0) is 8.97. The minimum Gasteiger partial charge on any atom is -0.432 e. The molecule has 0 amide bonds. The number of hydrogen-bond acceptors (Lipinski definition) is 3. The molecule has 3 nitrogen and oxygen atoms in total. The van der Waals surface area contributed by atoms with Crippen molar-refractivity contribution in [2.75, 3.05) is 6.61 Å². The summed E-state index contributed by atoms with van der Waals surface area (Å²) in [4.78, 5) is 11.0. The molecule has 0 aromatic rings. The Morgan fingerprint density at radius 2 is 2.33 bits per heavy atom. The van der Waals surface area contributed by atoms with Crippen LogP contribution in [0.25, 0.3) is 0 Å². The maximum absolute atomic E-state index is 11.0. The molecular weight excluding hydrogens is 224 g/mol. The van der Waals surface area contributed by atoms with Crippen LogP contribution in [0.2, 0.25) is 0 Å². The van der Waals surface area contributed by atoms with E-state index < -0.39 is 5.97 Å². The highest BCUT2D eigenvalue weighted by Gasteiger charge is 2.18. The van der Waals surface area contributed by atoms with Crippen LogP contribution in [0.15, 0.2) is 11.1 Å². The number of rotatable bonds is 2. The standard InChI is InChI=1S/C8H11BrO3/c1-6(9)8(10)12-7-4-2-3-5-11-7/h7H,1-5H2. The van der Waals surface area contributed by atoms with Gasteiger partial charge in [-0.3, -0.25) is 0 Å². The molecule has 1 heterocycles. The van der Waals surface area contributed by atoms with Gasteiger partial charge in [0.05, 0.1) is 11.1 Å². The third-order valence-corrected chi connectivity index (χ3v) is 1.92. The van der Waals surface area contributed by atoms with Gasteiger partial charge in [0.15, 0.2) is 0 Å². The maximum atomic E-state index is 11.0. The van der Waals surface area contributed by atoms with E-state index in [1.165, 1.54) is 0 Å². The number of carbonyl (C=O) groups is 1. The molecule has 0 bridgehead atoms. The number of ether oxygens (including phenoxy) is 2. The molecule has 0 aliphatic carbocycles. The topological polar surface area (TPSA) is 35.5 Å². The van der Waals surface area contributed by atoms with Crippen LogP contribution in [0.1, 0.15) is 19.3 Å². The summed E-state index contributed by atoms with van der Waals surface area (Å²) in [5, 5.41) is 0. The van der Waals surface area contributed by atoms with Gasteiger partial charge in [0.25, 0.3) is 0 Å². The zero-order valence-electron chi connectivity index (χ0n) is 6.72. The van der Waals surface area contributed by atoms with Crippen molar-refractivity contribution < 1.29 is 14.3 Å². The number of carbonyl (C=O) groups excluding carboxylic acids is 1. The Labute approximate surface area is 79.9 Å². The summed E-state index contributed by atoms with van der Waals surface area (Å²) < 4.78 is 10.4. The summed E-state index contributed by atoms with van der Waals surface area (Å²) in [6.45, 7) is 4.08. The van der Waals surface area contributed by atoms with Gasteiger partial charge in [0, 0.05) is 6.42 Å². The second-order valence-electron chi connectivity index (χ2n) is 2.61. The first kappa shape index (κ1) is 9.74. The van der Waals surface area contributed by atoms with E-state index >= 15 is 0 Å². The Balaban J connectivity index is 2.29. The van der Waals surface area contributed by atoms with E-state index in [-0.39, 0.29) is 10.8 Å². The molecule has 0 aromatic heterocycles. The number of esters is 1. The van der Waals surface area contributed by atoms with Crippen molar-refractivity contribution in [1.82, 2.24) is 0 Å². The van der Waals surface area contributed by atoms with Gasteiger partial charge < -0.3 is 9.47 Å². The monoisotopic (exact) mass is 234 g/mol. The molecule has 68 valence electrons. The molecule has 0 aromatic carbocycles. The molecule has 0 saturated carbocycles. The molecular formula is C8H11BrO3. The first-order valence-electron chi connectivity index (χ1n) is 3.87. The van der Waals surface area contributed by atoms with E-state index in [4.69, 9.17) is 9.47 Å². The summed E-state index contributed by atoms with van der Waals surface area (Å²) in [7, 11) is 0. The van der Waals surface area contributed by atoms with Gasteiger partial charge in [0.1, 0.15) is 0 Å². The Bertz CT molecular complexity index is 185. The normalized spacial score (nSPS) is 23.2. The highest BCUT2D eigenvalue weighted by atomic mass is 79.9. The molecule has 12 heavy (non-hydrogen) atoms. The van der Waals surface area contributed by atoms with E-state index in [1.807, 2.05) is 0 Å². The Morgan fingerprint density at radius 3 is 2.83 bits per heavy atom. The molecule has 1 unspecified atom stereocenters. The summed E-state index contributed by atoms with van der Waals surface area (Å²) in [5.74, 6) is -0.443. The fourth-order valence-electron chi connectivity index (χ4n) is 0.987. The van der Waals surface area contributed by atoms with Crippen molar-refractivity contribution >= 4 is 21.9 Å². The van der Waals surface area contributed by atoms with Crippen LogP contribution in [-0.4, -0.2) is 18.9 Å². The van der Waals surface area contributed by atoms with Crippen LogP contribution in [-0.2, 0) is 14.3 Å². The van der Waals surface area contributed by atoms with Gasteiger partial charge in [-0.25, -0.2) is 4.79 Å². The molecule has 1 atom stereocenters. The van der Waals surface area contributed by atoms with Crippen molar-refractivity contribution in [3.8, 4) is 0 Å². The van der Waals surface area contributed by atoms with E-state index in [2.05, 4.69) is 22.5 Å². The molecule has 0 radical (unpaired) electrons. The van der Waals surface area contributed by atoms with E-state index in [0.29, 0.717) is 6.61 Å². The van der Waals surface area contributed by atoms with Gasteiger partial charge in [-0.2, -0.15) is 0 Å². The average Bonchev–Trinajstić information content (AvgIpc) is 2.06. The minimum atomic E-state index is -0.443. The Morgan fingerprint density at radius 1 is 1.58 bits per heavy atom. The van der Waals surface area contributed by atoms with Crippen LogP contribution in [0.4, 0.5) is 0 Å². The van der Waals surface area contributed by atoms with Crippen molar-refractivity contribution in [1.29, 1.82) is 0 Å². The van der Waals surface area contributed by atoms with Gasteiger partial charge >= 0.3 is 5.97 Å². The average molecular weight is 235 g/mol. The van der Waals surface area contributed by atoms with Gasteiger partial charge in [-0.05, 0) is 28.8 Å². The van der Waals surface area contributed by atoms with E-state index in [1.54, 1.807) is 0 Å². The third-order valence-electron chi connectivity index (χ3n) is 1.60. The van der Waals surface area contributed by atoms with E-state index in [9.17, 15) is 4.79 Å². The van der Waals surface area contributed by atoms with Crippen molar-refractivity contribution in [2.24, 2.45) is 0 Å².